The van der Waals surface area contributed by atoms with Crippen molar-refractivity contribution in [2.75, 3.05) is 16.9 Å². The van der Waals surface area contributed by atoms with Crippen molar-refractivity contribution in [2.45, 2.75) is 24.8 Å². The van der Waals surface area contributed by atoms with E-state index in [0.29, 0.717) is 16.3 Å². The van der Waals surface area contributed by atoms with Crippen LogP contribution in [0.3, 0.4) is 0 Å². The van der Waals surface area contributed by atoms with E-state index in [-0.39, 0.29) is 11.5 Å². The summed E-state index contributed by atoms with van der Waals surface area (Å²) < 4.78 is 16.9. The zero-order valence-electron chi connectivity index (χ0n) is 15.1. The lowest BCUT2D eigenvalue weighted by Gasteiger charge is -2.15. The molecular formula is C19H20N2O5S. The van der Waals surface area contributed by atoms with E-state index in [4.69, 9.17) is 4.74 Å². The highest BCUT2D eigenvalue weighted by Gasteiger charge is 2.21. The third-order valence-electron chi connectivity index (χ3n) is 3.54. The summed E-state index contributed by atoms with van der Waals surface area (Å²) in [5.74, 6) is -1.42. The van der Waals surface area contributed by atoms with Gasteiger partial charge in [0.15, 0.2) is 6.10 Å². The lowest BCUT2D eigenvalue weighted by Crippen LogP contribution is -2.30. The lowest BCUT2D eigenvalue weighted by atomic mass is 10.2. The van der Waals surface area contributed by atoms with Crippen LogP contribution in [0.5, 0.6) is 0 Å². The van der Waals surface area contributed by atoms with Crippen molar-refractivity contribution in [2.24, 2.45) is 0 Å². The molecule has 0 aromatic heterocycles. The molecule has 0 fully saturated rings. The molecule has 0 unspecified atom stereocenters. The van der Waals surface area contributed by atoms with Crippen molar-refractivity contribution in [3.05, 3.63) is 54.1 Å². The lowest BCUT2D eigenvalue weighted by molar-refractivity contribution is -0.123. The van der Waals surface area contributed by atoms with Gasteiger partial charge in [-0.1, -0.05) is 12.1 Å². The number of anilines is 2. The molecule has 142 valence electrons. The molecule has 2 aromatic carbocycles. The number of nitrogens with one attached hydrogen (secondary N) is 2. The smallest absolute Gasteiger partial charge is 0.340 e. The van der Waals surface area contributed by atoms with Crippen molar-refractivity contribution in [1.82, 2.24) is 0 Å². The number of hydrogen-bond donors (Lipinski definition) is 2. The van der Waals surface area contributed by atoms with Gasteiger partial charge in [0.25, 0.3) is 5.91 Å². The van der Waals surface area contributed by atoms with Gasteiger partial charge in [0.2, 0.25) is 5.91 Å². The minimum absolute atomic E-state index is 0.164. The first-order valence-corrected chi connectivity index (χ1v) is 9.65. The van der Waals surface area contributed by atoms with Gasteiger partial charge >= 0.3 is 5.97 Å². The summed E-state index contributed by atoms with van der Waals surface area (Å²) in [6.45, 7) is 2.85. The molecular weight excluding hydrogens is 368 g/mol. The number of amides is 2. The molecule has 0 spiro atoms. The van der Waals surface area contributed by atoms with Gasteiger partial charge in [0.05, 0.1) is 21.3 Å². The van der Waals surface area contributed by atoms with Gasteiger partial charge in [-0.25, -0.2) is 4.79 Å². The van der Waals surface area contributed by atoms with Gasteiger partial charge in [-0.3, -0.25) is 13.8 Å². The maximum Gasteiger partial charge on any atom is 0.340 e. The van der Waals surface area contributed by atoms with Crippen LogP contribution in [0, 0.1) is 0 Å². The second-order valence-electron chi connectivity index (χ2n) is 5.75. The highest BCUT2D eigenvalue weighted by molar-refractivity contribution is 7.84. The second-order valence-corrected chi connectivity index (χ2v) is 7.09. The Kier molecular flexibility index (Phi) is 6.84. The number of esters is 1. The first kappa shape index (κ1) is 20.3. The Balaban J connectivity index is 2.00. The monoisotopic (exact) mass is 388 g/mol. The summed E-state index contributed by atoms with van der Waals surface area (Å²) in [6.07, 6.45) is 0.415. The standard InChI is InChI=1S/C19H20N2O5S/c1-12(26-19(24)16-6-4-5-7-17(16)27(3)25)18(23)21-15-10-8-14(9-11-15)20-13(2)22/h4-12H,1-3H3,(H,20,22)(H,21,23)/t12-,27+/m0/s1. The van der Waals surface area contributed by atoms with E-state index in [2.05, 4.69) is 10.6 Å². The van der Waals surface area contributed by atoms with Gasteiger partial charge in [0.1, 0.15) is 0 Å². The van der Waals surface area contributed by atoms with Crippen LogP contribution in [-0.4, -0.2) is 34.4 Å². The molecule has 0 aliphatic carbocycles. The summed E-state index contributed by atoms with van der Waals surface area (Å²) in [4.78, 5) is 35.9. The first-order chi connectivity index (χ1) is 12.8. The average molecular weight is 388 g/mol. The third-order valence-corrected chi connectivity index (χ3v) is 4.52. The normalized spacial score (nSPS) is 12.6. The van der Waals surface area contributed by atoms with Crippen LogP contribution in [-0.2, 0) is 25.1 Å². The van der Waals surface area contributed by atoms with E-state index < -0.39 is 28.8 Å². The fraction of sp³-hybridized carbons (Fsp3) is 0.211. The van der Waals surface area contributed by atoms with Gasteiger partial charge < -0.3 is 15.4 Å². The first-order valence-electron chi connectivity index (χ1n) is 8.10. The Bertz CT molecular complexity index is 880. The summed E-state index contributed by atoms with van der Waals surface area (Å²) in [5, 5.41) is 5.25. The summed E-state index contributed by atoms with van der Waals surface area (Å²) in [7, 11) is -1.36. The largest absolute Gasteiger partial charge is 0.449 e. The quantitative estimate of drug-likeness (QED) is 0.741. The highest BCUT2D eigenvalue weighted by Crippen LogP contribution is 2.16. The summed E-state index contributed by atoms with van der Waals surface area (Å²) in [6, 6.07) is 12.9. The molecule has 2 atom stereocenters. The molecule has 0 heterocycles. The molecule has 0 saturated carbocycles. The molecule has 0 aliphatic rings. The number of carbonyl (C=O) groups is 3. The topological polar surface area (TPSA) is 102 Å². The zero-order valence-corrected chi connectivity index (χ0v) is 16.0. The van der Waals surface area contributed by atoms with Crippen LogP contribution in [0.1, 0.15) is 24.2 Å². The fourth-order valence-corrected chi connectivity index (χ4v) is 2.98. The van der Waals surface area contributed by atoms with Crippen molar-refractivity contribution in [3.63, 3.8) is 0 Å². The number of hydrogen-bond acceptors (Lipinski definition) is 5. The van der Waals surface area contributed by atoms with Crippen molar-refractivity contribution >= 4 is 40.0 Å². The molecule has 0 radical (unpaired) electrons. The number of benzene rings is 2. The Morgan fingerprint density at radius 2 is 1.52 bits per heavy atom. The molecule has 27 heavy (non-hydrogen) atoms. The fourth-order valence-electron chi connectivity index (χ4n) is 2.25. The van der Waals surface area contributed by atoms with Crippen LogP contribution in [0.2, 0.25) is 0 Å². The number of ether oxygens (including phenoxy) is 1. The van der Waals surface area contributed by atoms with E-state index in [1.165, 1.54) is 26.2 Å². The van der Waals surface area contributed by atoms with Crippen molar-refractivity contribution in [3.8, 4) is 0 Å². The molecule has 8 heteroatoms. The van der Waals surface area contributed by atoms with E-state index in [1.54, 1.807) is 42.5 Å². The van der Waals surface area contributed by atoms with E-state index in [0.717, 1.165) is 0 Å². The molecule has 2 amide bonds. The predicted molar refractivity (Wildman–Crippen MR) is 103 cm³/mol. The molecule has 2 N–H and O–H groups in total. The predicted octanol–water partition coefficient (Wildman–Crippen LogP) is 2.57. The second kappa shape index (κ2) is 9.09. The molecule has 7 nitrogen and oxygen atoms in total. The van der Waals surface area contributed by atoms with Gasteiger partial charge in [-0.05, 0) is 43.3 Å². The van der Waals surface area contributed by atoms with Gasteiger partial charge in [-0.15, -0.1) is 0 Å². The molecule has 0 saturated heterocycles. The Morgan fingerprint density at radius 1 is 0.963 bits per heavy atom. The Morgan fingerprint density at radius 3 is 2.07 bits per heavy atom. The summed E-state index contributed by atoms with van der Waals surface area (Å²) >= 11 is 0. The van der Waals surface area contributed by atoms with Crippen molar-refractivity contribution < 1.29 is 23.3 Å². The zero-order chi connectivity index (χ0) is 20.0. The van der Waals surface area contributed by atoms with Crippen LogP contribution >= 0.6 is 0 Å². The van der Waals surface area contributed by atoms with E-state index in [1.807, 2.05) is 0 Å². The SMILES string of the molecule is CC(=O)Nc1ccc(NC(=O)[C@H](C)OC(=O)c2ccccc2[S@@](C)=O)cc1. The molecule has 0 aliphatic heterocycles. The molecule has 0 bridgehead atoms. The average Bonchev–Trinajstić information content (AvgIpc) is 2.62. The van der Waals surface area contributed by atoms with Crippen LogP contribution < -0.4 is 10.6 Å². The van der Waals surface area contributed by atoms with Crippen molar-refractivity contribution in [1.29, 1.82) is 0 Å². The minimum atomic E-state index is -1.36. The maximum atomic E-state index is 12.3. The summed E-state index contributed by atoms with van der Waals surface area (Å²) in [5.41, 5.74) is 1.26. The van der Waals surface area contributed by atoms with Gasteiger partial charge in [-0.2, -0.15) is 0 Å². The van der Waals surface area contributed by atoms with Crippen LogP contribution in [0.15, 0.2) is 53.4 Å². The Labute approximate surface area is 159 Å². The van der Waals surface area contributed by atoms with Gasteiger partial charge in [0, 0.05) is 24.6 Å². The van der Waals surface area contributed by atoms with Crippen LogP contribution in [0.4, 0.5) is 11.4 Å². The van der Waals surface area contributed by atoms with E-state index in [9.17, 15) is 18.6 Å². The number of rotatable bonds is 6. The van der Waals surface area contributed by atoms with Crippen LogP contribution in [0.25, 0.3) is 0 Å². The third kappa shape index (κ3) is 5.75. The molecule has 2 aromatic rings. The highest BCUT2D eigenvalue weighted by atomic mass is 32.2. The molecule has 2 rings (SSSR count). The Hall–Kier alpha value is -3.00. The van der Waals surface area contributed by atoms with E-state index >= 15 is 0 Å². The minimum Gasteiger partial charge on any atom is -0.449 e. The maximum absolute atomic E-state index is 12.3. The number of carbonyl (C=O) groups excluding carboxylic acids is 3.